The smallest absolute Gasteiger partial charge is 0.242 e. The van der Waals surface area contributed by atoms with Gasteiger partial charge in [-0.05, 0) is 56.7 Å². The highest BCUT2D eigenvalue weighted by Crippen LogP contribution is 2.41. The summed E-state index contributed by atoms with van der Waals surface area (Å²) in [6.07, 6.45) is 8.31. The molecule has 0 aliphatic heterocycles. The number of carbonyl (C=O) groups is 1. The van der Waals surface area contributed by atoms with Crippen molar-refractivity contribution in [3.63, 3.8) is 0 Å². The van der Waals surface area contributed by atoms with Crippen LogP contribution in [0.2, 0.25) is 0 Å². The molecule has 6 nitrogen and oxygen atoms in total. The van der Waals surface area contributed by atoms with E-state index in [1.54, 1.807) is 42.6 Å². The summed E-state index contributed by atoms with van der Waals surface area (Å²) < 4.78 is 31.4. The number of pyridine rings is 1. The summed E-state index contributed by atoms with van der Waals surface area (Å²) in [6.45, 7) is 0.195. The Bertz CT molecular complexity index is 979. The van der Waals surface area contributed by atoms with Gasteiger partial charge in [0.1, 0.15) is 6.10 Å². The van der Waals surface area contributed by atoms with Crippen molar-refractivity contribution in [3.05, 3.63) is 54.2 Å². The molecular formula is C23H28N2O4S. The van der Waals surface area contributed by atoms with E-state index in [0.717, 1.165) is 44.1 Å². The fourth-order valence-corrected chi connectivity index (χ4v) is 6.66. The molecule has 0 bridgehead atoms. The van der Waals surface area contributed by atoms with Crippen LogP contribution in [0, 0.1) is 0 Å². The largest absolute Gasteiger partial charge is 0.474 e. The molecule has 0 atom stereocenters. The molecule has 1 heterocycles. The van der Waals surface area contributed by atoms with E-state index in [1.807, 2.05) is 6.07 Å². The molecule has 1 amide bonds. The van der Waals surface area contributed by atoms with E-state index in [9.17, 15) is 13.2 Å². The van der Waals surface area contributed by atoms with Gasteiger partial charge in [0.15, 0.2) is 14.6 Å². The van der Waals surface area contributed by atoms with Crippen LogP contribution in [0.4, 0.5) is 0 Å². The SMILES string of the molecule is O=C(NCc1cccnc1OC1CCCC1)C1(S(=O)(=O)c2ccccc2)CCCC1. The van der Waals surface area contributed by atoms with Crippen molar-refractivity contribution in [2.75, 3.05) is 0 Å². The first-order chi connectivity index (χ1) is 14.5. The third kappa shape index (κ3) is 3.95. The van der Waals surface area contributed by atoms with Crippen LogP contribution in [-0.4, -0.2) is 30.2 Å². The highest BCUT2D eigenvalue weighted by atomic mass is 32.2. The van der Waals surface area contributed by atoms with Gasteiger partial charge in [-0.25, -0.2) is 13.4 Å². The maximum absolute atomic E-state index is 13.4. The van der Waals surface area contributed by atoms with Crippen LogP contribution in [0.15, 0.2) is 53.6 Å². The van der Waals surface area contributed by atoms with Gasteiger partial charge in [0.25, 0.3) is 0 Å². The Hall–Kier alpha value is -2.41. The normalized spacial score (nSPS) is 18.9. The molecule has 0 spiro atoms. The summed E-state index contributed by atoms with van der Waals surface area (Å²) >= 11 is 0. The molecule has 1 N–H and O–H groups in total. The number of sulfone groups is 1. The molecule has 2 aromatic rings. The summed E-state index contributed by atoms with van der Waals surface area (Å²) in [7, 11) is -3.79. The highest BCUT2D eigenvalue weighted by molar-refractivity contribution is 7.93. The van der Waals surface area contributed by atoms with Crippen LogP contribution in [0.5, 0.6) is 5.88 Å². The van der Waals surface area contributed by atoms with Crippen molar-refractivity contribution in [3.8, 4) is 5.88 Å². The second kappa shape index (κ2) is 8.76. The van der Waals surface area contributed by atoms with Gasteiger partial charge in [0.2, 0.25) is 11.8 Å². The van der Waals surface area contributed by atoms with Gasteiger partial charge < -0.3 is 10.1 Å². The molecule has 2 fully saturated rings. The van der Waals surface area contributed by atoms with Crippen molar-refractivity contribution in [2.24, 2.45) is 0 Å². The second-order valence-corrected chi connectivity index (χ2v) is 10.5. The molecule has 0 radical (unpaired) electrons. The number of rotatable bonds is 7. The predicted molar refractivity (Wildman–Crippen MR) is 114 cm³/mol. The van der Waals surface area contributed by atoms with Gasteiger partial charge >= 0.3 is 0 Å². The molecular weight excluding hydrogens is 400 g/mol. The lowest BCUT2D eigenvalue weighted by Crippen LogP contribution is -2.50. The third-order valence-electron chi connectivity index (χ3n) is 6.26. The van der Waals surface area contributed by atoms with Gasteiger partial charge in [-0.1, -0.05) is 37.1 Å². The fourth-order valence-electron chi connectivity index (χ4n) is 4.55. The van der Waals surface area contributed by atoms with Gasteiger partial charge in [0, 0.05) is 18.3 Å². The van der Waals surface area contributed by atoms with Crippen LogP contribution in [0.3, 0.4) is 0 Å². The van der Waals surface area contributed by atoms with Crippen molar-refractivity contribution < 1.29 is 17.9 Å². The van der Waals surface area contributed by atoms with Gasteiger partial charge in [0.05, 0.1) is 4.90 Å². The van der Waals surface area contributed by atoms with Crippen LogP contribution >= 0.6 is 0 Å². The first kappa shape index (κ1) is 20.8. The lowest BCUT2D eigenvalue weighted by Gasteiger charge is -2.28. The van der Waals surface area contributed by atoms with Crippen LogP contribution in [0.1, 0.15) is 56.9 Å². The Morgan fingerprint density at radius 1 is 1.03 bits per heavy atom. The zero-order valence-corrected chi connectivity index (χ0v) is 17.9. The standard InChI is InChI=1S/C23H28N2O4S/c26-22(23(14-6-7-15-23)30(27,28)20-12-2-1-3-13-20)25-17-18-9-8-16-24-21(18)29-19-10-4-5-11-19/h1-3,8-9,12-13,16,19H,4-7,10-11,14-15,17H2,(H,25,26). The van der Waals surface area contributed by atoms with Crippen LogP contribution < -0.4 is 10.1 Å². The first-order valence-electron chi connectivity index (χ1n) is 10.7. The lowest BCUT2D eigenvalue weighted by molar-refractivity contribution is -0.123. The minimum absolute atomic E-state index is 0.161. The topological polar surface area (TPSA) is 85.4 Å². The minimum Gasteiger partial charge on any atom is -0.474 e. The number of nitrogens with zero attached hydrogens (tertiary/aromatic N) is 1. The number of aromatic nitrogens is 1. The molecule has 7 heteroatoms. The molecule has 2 saturated carbocycles. The molecule has 4 rings (SSSR count). The highest BCUT2D eigenvalue weighted by Gasteiger charge is 2.52. The second-order valence-electron chi connectivity index (χ2n) is 8.19. The maximum atomic E-state index is 13.4. The number of hydrogen-bond donors (Lipinski definition) is 1. The van der Waals surface area contributed by atoms with Gasteiger partial charge in [-0.2, -0.15) is 0 Å². The number of hydrogen-bond acceptors (Lipinski definition) is 5. The van der Waals surface area contributed by atoms with E-state index in [2.05, 4.69) is 10.3 Å². The van der Waals surface area contributed by atoms with Crippen molar-refractivity contribution in [1.82, 2.24) is 10.3 Å². The third-order valence-corrected chi connectivity index (χ3v) is 8.78. The zero-order chi connectivity index (χ0) is 21.0. The molecule has 160 valence electrons. The molecule has 30 heavy (non-hydrogen) atoms. The summed E-state index contributed by atoms with van der Waals surface area (Å²) in [4.78, 5) is 17.8. The Morgan fingerprint density at radius 2 is 1.73 bits per heavy atom. The van der Waals surface area contributed by atoms with Gasteiger partial charge in [-0.3, -0.25) is 4.79 Å². The van der Waals surface area contributed by atoms with E-state index < -0.39 is 20.5 Å². The molecule has 2 aliphatic carbocycles. The summed E-state index contributed by atoms with van der Waals surface area (Å²) in [5.41, 5.74) is 0.767. The molecule has 0 unspecified atom stereocenters. The van der Waals surface area contributed by atoms with E-state index in [-0.39, 0.29) is 17.5 Å². The van der Waals surface area contributed by atoms with Crippen LogP contribution in [-0.2, 0) is 21.2 Å². The van der Waals surface area contributed by atoms with Crippen molar-refractivity contribution >= 4 is 15.7 Å². The van der Waals surface area contributed by atoms with E-state index in [0.29, 0.717) is 18.7 Å². The first-order valence-corrected chi connectivity index (χ1v) is 12.2. The zero-order valence-electron chi connectivity index (χ0n) is 17.0. The molecule has 2 aliphatic rings. The number of ether oxygens (including phenoxy) is 1. The Morgan fingerprint density at radius 3 is 2.43 bits per heavy atom. The van der Waals surface area contributed by atoms with E-state index >= 15 is 0 Å². The van der Waals surface area contributed by atoms with Crippen LogP contribution in [0.25, 0.3) is 0 Å². The fraction of sp³-hybridized carbons (Fsp3) is 0.478. The Labute approximate surface area is 178 Å². The Kier molecular flexibility index (Phi) is 6.09. The van der Waals surface area contributed by atoms with E-state index in [4.69, 9.17) is 4.74 Å². The number of carbonyl (C=O) groups excluding carboxylic acids is 1. The maximum Gasteiger partial charge on any atom is 0.242 e. The summed E-state index contributed by atoms with van der Waals surface area (Å²) in [5, 5.41) is 2.88. The average Bonchev–Trinajstić information content (AvgIpc) is 3.46. The minimum atomic E-state index is -3.79. The number of nitrogens with one attached hydrogen (secondary N) is 1. The summed E-state index contributed by atoms with van der Waals surface area (Å²) in [6, 6.07) is 12.0. The molecule has 0 saturated heterocycles. The van der Waals surface area contributed by atoms with Gasteiger partial charge in [-0.15, -0.1) is 0 Å². The molecule has 1 aromatic carbocycles. The monoisotopic (exact) mass is 428 g/mol. The lowest BCUT2D eigenvalue weighted by atomic mass is 10.1. The van der Waals surface area contributed by atoms with Crippen molar-refractivity contribution in [1.29, 1.82) is 0 Å². The average molecular weight is 429 g/mol. The van der Waals surface area contributed by atoms with E-state index in [1.165, 1.54) is 0 Å². The molecule has 1 aromatic heterocycles. The summed E-state index contributed by atoms with van der Waals surface area (Å²) in [5.74, 6) is 0.0932. The van der Waals surface area contributed by atoms with Crippen molar-refractivity contribution in [2.45, 2.75) is 73.7 Å². The number of amides is 1. The quantitative estimate of drug-likeness (QED) is 0.725. The Balaban J connectivity index is 1.53. The number of benzene rings is 1. The predicted octanol–water partition coefficient (Wildman–Crippen LogP) is 3.81.